The van der Waals surface area contributed by atoms with Gasteiger partial charge in [0.2, 0.25) is 5.89 Å². The molecule has 0 bridgehead atoms. The molecule has 3 heterocycles. The highest BCUT2D eigenvalue weighted by Gasteiger charge is 2.25. The van der Waals surface area contributed by atoms with Crippen LogP contribution in [0.3, 0.4) is 0 Å². The van der Waals surface area contributed by atoms with Gasteiger partial charge in [-0.05, 0) is 31.9 Å². The molecular formula is C14H15N5O. The molecule has 102 valence electrons. The van der Waals surface area contributed by atoms with Crippen LogP contribution in [0, 0.1) is 18.3 Å². The maximum Gasteiger partial charge on any atom is 0.229 e. The fourth-order valence-corrected chi connectivity index (χ4v) is 2.50. The zero-order valence-electron chi connectivity index (χ0n) is 11.3. The molecule has 2 aromatic heterocycles. The van der Waals surface area contributed by atoms with E-state index in [1.54, 1.807) is 6.07 Å². The van der Waals surface area contributed by atoms with Crippen molar-refractivity contribution in [2.45, 2.75) is 25.7 Å². The Morgan fingerprint density at radius 3 is 2.75 bits per heavy atom. The minimum absolute atomic E-state index is 0.326. The summed E-state index contributed by atoms with van der Waals surface area (Å²) in [6.45, 7) is 3.60. The second-order valence-electron chi connectivity index (χ2n) is 4.93. The van der Waals surface area contributed by atoms with Crippen molar-refractivity contribution < 1.29 is 4.52 Å². The van der Waals surface area contributed by atoms with E-state index in [2.05, 4.69) is 26.1 Å². The maximum atomic E-state index is 8.89. The molecule has 6 heteroatoms. The molecular weight excluding hydrogens is 254 g/mol. The zero-order chi connectivity index (χ0) is 13.9. The summed E-state index contributed by atoms with van der Waals surface area (Å²) < 4.78 is 5.24. The quantitative estimate of drug-likeness (QED) is 0.830. The van der Waals surface area contributed by atoms with Gasteiger partial charge in [0, 0.05) is 19.0 Å². The van der Waals surface area contributed by atoms with Crippen LogP contribution in [0.25, 0.3) is 0 Å². The molecule has 3 rings (SSSR count). The van der Waals surface area contributed by atoms with E-state index >= 15 is 0 Å². The van der Waals surface area contributed by atoms with Gasteiger partial charge in [-0.25, -0.2) is 4.98 Å². The molecule has 0 amide bonds. The molecule has 0 spiro atoms. The Kier molecular flexibility index (Phi) is 3.33. The second-order valence-corrected chi connectivity index (χ2v) is 4.93. The molecule has 20 heavy (non-hydrogen) atoms. The Morgan fingerprint density at radius 1 is 1.30 bits per heavy atom. The van der Waals surface area contributed by atoms with Gasteiger partial charge >= 0.3 is 0 Å². The third-order valence-corrected chi connectivity index (χ3v) is 3.56. The van der Waals surface area contributed by atoms with Gasteiger partial charge in [-0.1, -0.05) is 11.2 Å². The predicted molar refractivity (Wildman–Crippen MR) is 72.2 cm³/mol. The van der Waals surface area contributed by atoms with Gasteiger partial charge < -0.3 is 9.42 Å². The van der Waals surface area contributed by atoms with Crippen LogP contribution in [-0.4, -0.2) is 28.2 Å². The largest absolute Gasteiger partial charge is 0.357 e. The SMILES string of the molecule is Cc1noc(C2CCN(c3cccc(C#N)n3)CC2)n1. The summed E-state index contributed by atoms with van der Waals surface area (Å²) in [6.07, 6.45) is 1.92. The van der Waals surface area contributed by atoms with Crippen molar-refractivity contribution in [2.24, 2.45) is 0 Å². The average molecular weight is 269 g/mol. The van der Waals surface area contributed by atoms with Gasteiger partial charge in [0.25, 0.3) is 0 Å². The summed E-state index contributed by atoms with van der Waals surface area (Å²) in [5.41, 5.74) is 0.456. The van der Waals surface area contributed by atoms with E-state index in [1.807, 2.05) is 19.1 Å². The summed E-state index contributed by atoms with van der Waals surface area (Å²) in [6, 6.07) is 7.60. The lowest BCUT2D eigenvalue weighted by Crippen LogP contribution is -2.33. The van der Waals surface area contributed by atoms with E-state index in [4.69, 9.17) is 9.78 Å². The molecule has 0 radical (unpaired) electrons. The van der Waals surface area contributed by atoms with Crippen LogP contribution < -0.4 is 4.90 Å². The summed E-state index contributed by atoms with van der Waals surface area (Å²) in [5.74, 6) is 2.61. The van der Waals surface area contributed by atoms with E-state index in [0.29, 0.717) is 17.4 Å². The number of piperidine rings is 1. The molecule has 0 aliphatic carbocycles. The summed E-state index contributed by atoms with van der Waals surface area (Å²) in [4.78, 5) is 10.8. The average Bonchev–Trinajstić information content (AvgIpc) is 2.94. The van der Waals surface area contributed by atoms with E-state index in [-0.39, 0.29) is 0 Å². The van der Waals surface area contributed by atoms with E-state index < -0.39 is 0 Å². The molecule has 1 saturated heterocycles. The zero-order valence-corrected chi connectivity index (χ0v) is 11.3. The van der Waals surface area contributed by atoms with Crippen molar-refractivity contribution in [3.05, 3.63) is 35.6 Å². The first kappa shape index (κ1) is 12.6. The Hall–Kier alpha value is -2.42. The lowest BCUT2D eigenvalue weighted by molar-refractivity contribution is 0.327. The monoisotopic (exact) mass is 269 g/mol. The maximum absolute atomic E-state index is 8.89. The standard InChI is InChI=1S/C14H15N5O/c1-10-16-14(20-18-10)11-5-7-19(8-6-11)13-4-2-3-12(9-15)17-13/h2-4,11H,5-8H2,1H3. The van der Waals surface area contributed by atoms with Crippen molar-refractivity contribution in [3.63, 3.8) is 0 Å². The highest BCUT2D eigenvalue weighted by atomic mass is 16.5. The fraction of sp³-hybridized carbons (Fsp3) is 0.429. The van der Waals surface area contributed by atoms with Crippen LogP contribution in [0.2, 0.25) is 0 Å². The summed E-state index contributed by atoms with van der Waals surface area (Å²) in [7, 11) is 0. The van der Waals surface area contributed by atoms with Crippen molar-refractivity contribution in [1.29, 1.82) is 5.26 Å². The molecule has 0 saturated carbocycles. The van der Waals surface area contributed by atoms with Gasteiger partial charge in [-0.2, -0.15) is 10.2 Å². The Morgan fingerprint density at radius 2 is 2.10 bits per heavy atom. The first-order valence-corrected chi connectivity index (χ1v) is 6.68. The smallest absolute Gasteiger partial charge is 0.229 e. The van der Waals surface area contributed by atoms with Crippen LogP contribution >= 0.6 is 0 Å². The Balaban J connectivity index is 1.68. The number of aryl methyl sites for hydroxylation is 1. The number of nitriles is 1. The van der Waals surface area contributed by atoms with Crippen LogP contribution in [0.4, 0.5) is 5.82 Å². The summed E-state index contributed by atoms with van der Waals surface area (Å²) >= 11 is 0. The molecule has 0 unspecified atom stereocenters. The highest BCUT2D eigenvalue weighted by molar-refractivity contribution is 5.42. The number of pyridine rings is 1. The van der Waals surface area contributed by atoms with E-state index in [0.717, 1.165) is 37.6 Å². The van der Waals surface area contributed by atoms with Gasteiger partial charge in [0.05, 0.1) is 0 Å². The molecule has 1 aliphatic rings. The van der Waals surface area contributed by atoms with Crippen LogP contribution in [0.5, 0.6) is 0 Å². The Bertz CT molecular complexity index is 637. The van der Waals surface area contributed by atoms with Gasteiger partial charge in [-0.15, -0.1) is 0 Å². The fourth-order valence-electron chi connectivity index (χ4n) is 2.50. The number of aromatic nitrogens is 3. The van der Waals surface area contributed by atoms with Crippen LogP contribution in [0.15, 0.2) is 22.7 Å². The van der Waals surface area contributed by atoms with Crippen molar-refractivity contribution >= 4 is 5.82 Å². The van der Waals surface area contributed by atoms with Crippen LogP contribution in [-0.2, 0) is 0 Å². The first-order valence-electron chi connectivity index (χ1n) is 6.68. The lowest BCUT2D eigenvalue weighted by atomic mass is 9.97. The third-order valence-electron chi connectivity index (χ3n) is 3.56. The van der Waals surface area contributed by atoms with Gasteiger partial charge in [0.1, 0.15) is 17.6 Å². The molecule has 1 fully saturated rings. The first-order chi connectivity index (χ1) is 9.76. The molecule has 2 aromatic rings. The van der Waals surface area contributed by atoms with Crippen LogP contribution in [0.1, 0.15) is 36.2 Å². The molecule has 0 N–H and O–H groups in total. The number of anilines is 1. The van der Waals surface area contributed by atoms with Crippen molar-refractivity contribution in [2.75, 3.05) is 18.0 Å². The highest BCUT2D eigenvalue weighted by Crippen LogP contribution is 2.28. The normalized spacial score (nSPS) is 16.1. The Labute approximate surface area is 117 Å². The molecule has 6 nitrogen and oxygen atoms in total. The topological polar surface area (TPSA) is 78.8 Å². The van der Waals surface area contributed by atoms with Gasteiger partial charge in [0.15, 0.2) is 5.82 Å². The third kappa shape index (κ3) is 2.48. The molecule has 0 atom stereocenters. The van der Waals surface area contributed by atoms with Crippen molar-refractivity contribution in [3.8, 4) is 6.07 Å². The van der Waals surface area contributed by atoms with E-state index in [1.165, 1.54) is 0 Å². The lowest BCUT2D eigenvalue weighted by Gasteiger charge is -2.31. The van der Waals surface area contributed by atoms with Gasteiger partial charge in [-0.3, -0.25) is 0 Å². The molecule has 0 aromatic carbocycles. The number of nitrogens with zero attached hydrogens (tertiary/aromatic N) is 5. The predicted octanol–water partition coefficient (Wildman–Crippen LogP) is 2.03. The minimum Gasteiger partial charge on any atom is -0.357 e. The molecule has 1 aliphatic heterocycles. The van der Waals surface area contributed by atoms with E-state index in [9.17, 15) is 0 Å². The summed E-state index contributed by atoms with van der Waals surface area (Å²) in [5, 5.41) is 12.7. The second kappa shape index (κ2) is 5.29. The number of hydrogen-bond acceptors (Lipinski definition) is 6. The number of rotatable bonds is 2. The number of hydrogen-bond donors (Lipinski definition) is 0. The van der Waals surface area contributed by atoms with Crippen molar-refractivity contribution in [1.82, 2.24) is 15.1 Å². The minimum atomic E-state index is 0.326.